The normalized spacial score (nSPS) is 21.4. The number of hydrogen-bond donors (Lipinski definition) is 3. The van der Waals surface area contributed by atoms with E-state index in [1.54, 1.807) is 0 Å². The van der Waals surface area contributed by atoms with Crippen molar-refractivity contribution in [2.24, 2.45) is 0 Å². The molecule has 0 aliphatic heterocycles. The quantitative estimate of drug-likeness (QED) is 0.523. The molecule has 0 bridgehead atoms. The molecule has 1 aromatic heterocycles. The molecule has 25 heavy (non-hydrogen) atoms. The molecule has 3 N–H and O–H groups in total. The summed E-state index contributed by atoms with van der Waals surface area (Å²) >= 11 is 0. The third-order valence-electron chi connectivity index (χ3n) is 5.36. The Bertz CT molecular complexity index is 523. The molecule has 140 valence electrons. The fourth-order valence-electron chi connectivity index (χ4n) is 3.86. The van der Waals surface area contributed by atoms with Crippen LogP contribution < -0.4 is 10.6 Å². The number of amides is 2. The lowest BCUT2D eigenvalue weighted by Crippen LogP contribution is -2.44. The van der Waals surface area contributed by atoms with Crippen LogP contribution in [-0.2, 0) is 17.6 Å². The second kappa shape index (κ2) is 9.80. The molecule has 2 aliphatic carbocycles. The number of hydrogen-bond acceptors (Lipinski definition) is 3. The van der Waals surface area contributed by atoms with Crippen molar-refractivity contribution in [3.63, 3.8) is 0 Å². The van der Waals surface area contributed by atoms with E-state index in [1.807, 2.05) is 6.20 Å². The van der Waals surface area contributed by atoms with Crippen molar-refractivity contribution >= 4 is 6.03 Å². The second-order valence-corrected chi connectivity index (χ2v) is 7.41. The van der Waals surface area contributed by atoms with E-state index >= 15 is 0 Å². The molecule has 0 aromatic carbocycles. The maximum Gasteiger partial charge on any atom is 0.315 e. The van der Waals surface area contributed by atoms with Gasteiger partial charge in [0.2, 0.25) is 0 Å². The summed E-state index contributed by atoms with van der Waals surface area (Å²) in [6, 6.07) is 0.158. The summed E-state index contributed by atoms with van der Waals surface area (Å²) < 4.78 is 5.98. The number of aromatic nitrogens is 2. The summed E-state index contributed by atoms with van der Waals surface area (Å²) in [5, 5.41) is 13.1. The van der Waals surface area contributed by atoms with E-state index in [0.29, 0.717) is 12.6 Å². The van der Waals surface area contributed by atoms with Gasteiger partial charge in [0.15, 0.2) is 0 Å². The molecule has 1 heterocycles. The van der Waals surface area contributed by atoms with Crippen molar-refractivity contribution in [1.29, 1.82) is 0 Å². The molecule has 1 aromatic rings. The Morgan fingerprint density at radius 2 is 2.04 bits per heavy atom. The molecular formula is C19H32N4O2. The Kier molecular flexibility index (Phi) is 7.15. The van der Waals surface area contributed by atoms with E-state index < -0.39 is 0 Å². The fraction of sp³-hybridized carbons (Fsp3) is 0.789. The number of unbranched alkanes of at least 4 members (excludes halogenated alkanes) is 1. The first-order valence-electron chi connectivity index (χ1n) is 9.98. The highest BCUT2D eigenvalue weighted by Crippen LogP contribution is 2.20. The van der Waals surface area contributed by atoms with Gasteiger partial charge >= 0.3 is 6.03 Å². The lowest BCUT2D eigenvalue weighted by molar-refractivity contribution is 0.0411. The molecule has 1 saturated carbocycles. The molecule has 6 heteroatoms. The van der Waals surface area contributed by atoms with E-state index in [2.05, 4.69) is 20.8 Å². The molecule has 0 spiro atoms. The second-order valence-electron chi connectivity index (χ2n) is 7.41. The Balaban J connectivity index is 1.21. The zero-order valence-electron chi connectivity index (χ0n) is 15.2. The van der Waals surface area contributed by atoms with Crippen molar-refractivity contribution in [3.05, 3.63) is 17.5 Å². The van der Waals surface area contributed by atoms with Gasteiger partial charge in [0.1, 0.15) is 0 Å². The van der Waals surface area contributed by atoms with Crippen molar-refractivity contribution in [3.8, 4) is 0 Å². The van der Waals surface area contributed by atoms with Crippen LogP contribution in [0.2, 0.25) is 0 Å². The molecule has 3 rings (SSSR count). The molecule has 1 fully saturated rings. The lowest BCUT2D eigenvalue weighted by Gasteiger charge is -2.23. The minimum absolute atomic E-state index is 0.0540. The number of rotatable bonds is 7. The Morgan fingerprint density at radius 1 is 1.20 bits per heavy atom. The third kappa shape index (κ3) is 6.03. The summed E-state index contributed by atoms with van der Waals surface area (Å²) in [7, 11) is 0. The van der Waals surface area contributed by atoms with Crippen LogP contribution in [0.15, 0.2) is 6.20 Å². The van der Waals surface area contributed by atoms with E-state index in [0.717, 1.165) is 38.7 Å². The summed E-state index contributed by atoms with van der Waals surface area (Å²) in [6.45, 7) is 1.53. The Morgan fingerprint density at radius 3 is 2.88 bits per heavy atom. The average Bonchev–Trinajstić information content (AvgIpc) is 2.92. The molecule has 0 unspecified atom stereocenters. The van der Waals surface area contributed by atoms with Gasteiger partial charge < -0.3 is 15.4 Å². The molecule has 6 nitrogen and oxygen atoms in total. The van der Waals surface area contributed by atoms with Crippen molar-refractivity contribution in [1.82, 2.24) is 20.8 Å². The summed E-state index contributed by atoms with van der Waals surface area (Å²) in [6.07, 6.45) is 14.9. The van der Waals surface area contributed by atoms with E-state index in [1.165, 1.54) is 49.8 Å². The first kappa shape index (κ1) is 18.2. The van der Waals surface area contributed by atoms with E-state index in [4.69, 9.17) is 4.74 Å². The number of nitrogens with zero attached hydrogens (tertiary/aromatic N) is 1. The van der Waals surface area contributed by atoms with E-state index in [-0.39, 0.29) is 12.1 Å². The van der Waals surface area contributed by atoms with Gasteiger partial charge in [-0.1, -0.05) is 25.7 Å². The van der Waals surface area contributed by atoms with E-state index in [9.17, 15) is 4.79 Å². The van der Waals surface area contributed by atoms with Gasteiger partial charge in [-0.3, -0.25) is 5.10 Å². The molecule has 2 amide bonds. The molecule has 2 aliphatic rings. The van der Waals surface area contributed by atoms with Crippen LogP contribution in [0.4, 0.5) is 4.79 Å². The standard InChI is InChI=1S/C19H32N4O2/c24-19(22-16-9-10-18-15(13-16)14-21-23-18)20-11-5-6-12-25-17-7-3-1-2-4-8-17/h14,16-17H,1-13H2,(H,21,23)(H2,20,22,24)/t16-/m1/s1. The van der Waals surface area contributed by atoms with Crippen LogP contribution in [0.5, 0.6) is 0 Å². The highest BCUT2D eigenvalue weighted by molar-refractivity contribution is 5.74. The highest BCUT2D eigenvalue weighted by Gasteiger charge is 2.21. The van der Waals surface area contributed by atoms with Crippen LogP contribution in [0, 0.1) is 0 Å². The predicted molar refractivity (Wildman–Crippen MR) is 97.6 cm³/mol. The van der Waals surface area contributed by atoms with Crippen LogP contribution in [-0.4, -0.2) is 41.5 Å². The number of ether oxygens (including phenoxy) is 1. The maximum atomic E-state index is 12.0. The fourth-order valence-corrected chi connectivity index (χ4v) is 3.86. The van der Waals surface area contributed by atoms with Gasteiger partial charge in [-0.05, 0) is 50.5 Å². The van der Waals surface area contributed by atoms with Crippen molar-refractivity contribution in [2.75, 3.05) is 13.2 Å². The number of aromatic amines is 1. The Hall–Kier alpha value is -1.56. The van der Waals surface area contributed by atoms with Crippen molar-refractivity contribution < 1.29 is 9.53 Å². The summed E-state index contributed by atoms with van der Waals surface area (Å²) in [4.78, 5) is 12.0. The van der Waals surface area contributed by atoms with Gasteiger partial charge in [-0.25, -0.2) is 4.79 Å². The van der Waals surface area contributed by atoms with Gasteiger partial charge in [-0.15, -0.1) is 0 Å². The zero-order chi connectivity index (χ0) is 17.3. The number of nitrogens with one attached hydrogen (secondary N) is 3. The number of H-pyrrole nitrogens is 1. The van der Waals surface area contributed by atoms with Crippen LogP contribution >= 0.6 is 0 Å². The smallest absolute Gasteiger partial charge is 0.315 e. The monoisotopic (exact) mass is 348 g/mol. The van der Waals surface area contributed by atoms with Crippen LogP contribution in [0.1, 0.15) is 69.0 Å². The SMILES string of the molecule is O=C(NCCCCOC1CCCCCC1)N[C@@H]1CCc2[nH]ncc2C1. The minimum Gasteiger partial charge on any atom is -0.378 e. The third-order valence-corrected chi connectivity index (χ3v) is 5.36. The number of aryl methyl sites for hydroxylation is 1. The zero-order valence-corrected chi connectivity index (χ0v) is 15.2. The Labute approximate surface area is 150 Å². The number of urea groups is 1. The number of carbonyl (C=O) groups excluding carboxylic acids is 1. The molecule has 0 saturated heterocycles. The number of fused-ring (bicyclic) bond motifs is 1. The first-order chi connectivity index (χ1) is 12.3. The molecule has 1 atom stereocenters. The maximum absolute atomic E-state index is 12.0. The predicted octanol–water partition coefficient (Wildman–Crippen LogP) is 3.09. The average molecular weight is 348 g/mol. The first-order valence-corrected chi connectivity index (χ1v) is 9.98. The highest BCUT2D eigenvalue weighted by atomic mass is 16.5. The summed E-state index contributed by atoms with van der Waals surface area (Å²) in [5.41, 5.74) is 2.44. The van der Waals surface area contributed by atoms with Crippen LogP contribution in [0.25, 0.3) is 0 Å². The van der Waals surface area contributed by atoms with Crippen molar-refractivity contribution in [2.45, 2.75) is 82.8 Å². The lowest BCUT2D eigenvalue weighted by atomic mass is 9.94. The summed E-state index contributed by atoms with van der Waals surface area (Å²) in [5.74, 6) is 0. The minimum atomic E-state index is -0.0540. The van der Waals surface area contributed by atoms with Gasteiger partial charge in [-0.2, -0.15) is 5.10 Å². The van der Waals surface area contributed by atoms with Gasteiger partial charge in [0.25, 0.3) is 0 Å². The molecule has 0 radical (unpaired) electrons. The largest absolute Gasteiger partial charge is 0.378 e. The van der Waals surface area contributed by atoms with Crippen LogP contribution in [0.3, 0.4) is 0 Å². The number of carbonyl (C=O) groups is 1. The van der Waals surface area contributed by atoms with Gasteiger partial charge in [0.05, 0.1) is 12.3 Å². The topological polar surface area (TPSA) is 79.0 Å². The van der Waals surface area contributed by atoms with Gasteiger partial charge in [0, 0.05) is 24.9 Å². The molecular weight excluding hydrogens is 316 g/mol.